The summed E-state index contributed by atoms with van der Waals surface area (Å²) in [4.78, 5) is 2.44. The van der Waals surface area contributed by atoms with Crippen LogP contribution in [0.3, 0.4) is 0 Å². The molecule has 1 aromatic carbocycles. The van der Waals surface area contributed by atoms with Crippen molar-refractivity contribution in [1.29, 1.82) is 0 Å². The maximum Gasteiger partial charge on any atom is 0.0501 e. The van der Waals surface area contributed by atoms with Crippen molar-refractivity contribution in [3.8, 4) is 0 Å². The Balaban J connectivity index is 2.41. The molecule has 0 radical (unpaired) electrons. The minimum Gasteiger partial charge on any atom is -0.326 e. The first-order valence-electron chi connectivity index (χ1n) is 6.63. The van der Waals surface area contributed by atoms with Crippen LogP contribution in [0, 0.1) is 13.8 Å². The molecule has 0 saturated carbocycles. The number of hydrogen-bond acceptors (Lipinski definition) is 2. The van der Waals surface area contributed by atoms with Gasteiger partial charge in [0, 0.05) is 6.04 Å². The number of rotatable bonds is 1. The van der Waals surface area contributed by atoms with Crippen LogP contribution in [-0.4, -0.2) is 24.5 Å². The normalized spacial score (nSPS) is 26.8. The van der Waals surface area contributed by atoms with E-state index in [1.807, 2.05) is 0 Å². The Morgan fingerprint density at radius 1 is 1.18 bits per heavy atom. The fourth-order valence-corrected chi connectivity index (χ4v) is 3.09. The highest BCUT2D eigenvalue weighted by atomic mass is 15.1. The summed E-state index contributed by atoms with van der Waals surface area (Å²) in [6.45, 7) is 5.56. The van der Waals surface area contributed by atoms with E-state index in [1.54, 1.807) is 0 Å². The SMILES string of the molecule is Cc1cccc(C)c1C1C(N)CCCCN1C. The summed E-state index contributed by atoms with van der Waals surface area (Å²) in [5.74, 6) is 0. The molecular weight excluding hydrogens is 208 g/mol. The van der Waals surface area contributed by atoms with Gasteiger partial charge in [0.15, 0.2) is 0 Å². The molecule has 0 bridgehead atoms. The van der Waals surface area contributed by atoms with Crippen molar-refractivity contribution in [2.45, 2.75) is 45.2 Å². The second kappa shape index (κ2) is 5.19. The van der Waals surface area contributed by atoms with Gasteiger partial charge >= 0.3 is 0 Å². The third kappa shape index (κ3) is 2.53. The molecule has 94 valence electrons. The van der Waals surface area contributed by atoms with E-state index in [-0.39, 0.29) is 6.04 Å². The van der Waals surface area contributed by atoms with Crippen molar-refractivity contribution >= 4 is 0 Å². The summed E-state index contributed by atoms with van der Waals surface area (Å²) >= 11 is 0. The fraction of sp³-hybridized carbons (Fsp3) is 0.600. The van der Waals surface area contributed by atoms with Gasteiger partial charge in [0.05, 0.1) is 6.04 Å². The standard InChI is InChI=1S/C15H24N2/c1-11-7-6-8-12(2)14(11)15-13(16)9-4-5-10-17(15)3/h6-8,13,15H,4-5,9-10,16H2,1-3H3. The molecule has 1 aliphatic heterocycles. The quantitative estimate of drug-likeness (QED) is 0.806. The molecule has 0 aliphatic carbocycles. The van der Waals surface area contributed by atoms with Crippen molar-refractivity contribution < 1.29 is 0 Å². The lowest BCUT2D eigenvalue weighted by Gasteiger charge is -2.33. The molecule has 0 spiro atoms. The summed E-state index contributed by atoms with van der Waals surface area (Å²) in [6, 6.07) is 7.19. The molecule has 2 atom stereocenters. The zero-order valence-corrected chi connectivity index (χ0v) is 11.2. The lowest BCUT2D eigenvalue weighted by Crippen LogP contribution is -2.38. The Morgan fingerprint density at radius 2 is 1.82 bits per heavy atom. The van der Waals surface area contributed by atoms with Gasteiger partial charge in [-0.2, -0.15) is 0 Å². The van der Waals surface area contributed by atoms with E-state index in [0.717, 1.165) is 13.0 Å². The first-order chi connectivity index (χ1) is 8.11. The van der Waals surface area contributed by atoms with E-state index in [4.69, 9.17) is 5.73 Å². The Hall–Kier alpha value is -0.860. The van der Waals surface area contributed by atoms with Crippen molar-refractivity contribution in [3.05, 3.63) is 34.9 Å². The number of nitrogens with two attached hydrogens (primary N) is 1. The minimum atomic E-state index is 0.266. The van der Waals surface area contributed by atoms with Crippen LogP contribution in [0.1, 0.15) is 42.0 Å². The van der Waals surface area contributed by atoms with Gasteiger partial charge in [-0.3, -0.25) is 4.90 Å². The Kier molecular flexibility index (Phi) is 3.85. The average molecular weight is 232 g/mol. The number of aryl methyl sites for hydroxylation is 2. The lowest BCUT2D eigenvalue weighted by atomic mass is 9.90. The van der Waals surface area contributed by atoms with E-state index in [9.17, 15) is 0 Å². The van der Waals surface area contributed by atoms with Crippen molar-refractivity contribution in [3.63, 3.8) is 0 Å². The number of benzene rings is 1. The maximum absolute atomic E-state index is 6.40. The molecule has 2 unspecified atom stereocenters. The molecule has 17 heavy (non-hydrogen) atoms. The van der Waals surface area contributed by atoms with E-state index >= 15 is 0 Å². The highest BCUT2D eigenvalue weighted by molar-refractivity contribution is 5.37. The molecule has 1 heterocycles. The van der Waals surface area contributed by atoms with Crippen molar-refractivity contribution in [2.75, 3.05) is 13.6 Å². The monoisotopic (exact) mass is 232 g/mol. The van der Waals surface area contributed by atoms with Crippen molar-refractivity contribution in [2.24, 2.45) is 5.73 Å². The summed E-state index contributed by atoms with van der Waals surface area (Å²) in [5.41, 5.74) is 10.6. The highest BCUT2D eigenvalue weighted by Crippen LogP contribution is 2.32. The number of nitrogens with zero attached hydrogens (tertiary/aromatic N) is 1. The molecule has 0 amide bonds. The third-order valence-corrected chi connectivity index (χ3v) is 4.02. The van der Waals surface area contributed by atoms with Crippen LogP contribution in [0.15, 0.2) is 18.2 Å². The van der Waals surface area contributed by atoms with E-state index < -0.39 is 0 Å². The fourth-order valence-electron chi connectivity index (χ4n) is 3.09. The highest BCUT2D eigenvalue weighted by Gasteiger charge is 2.28. The van der Waals surface area contributed by atoms with Gasteiger partial charge in [-0.15, -0.1) is 0 Å². The number of likely N-dealkylation sites (N-methyl/N-ethyl adjacent to an activating group) is 1. The van der Waals surface area contributed by atoms with Crippen LogP contribution in [0.2, 0.25) is 0 Å². The smallest absolute Gasteiger partial charge is 0.0501 e. The number of likely N-dealkylation sites (tertiary alicyclic amines) is 1. The first kappa shape index (κ1) is 12.6. The van der Waals surface area contributed by atoms with Crippen LogP contribution in [0.25, 0.3) is 0 Å². The van der Waals surface area contributed by atoms with Crippen molar-refractivity contribution in [1.82, 2.24) is 4.90 Å². The Bertz CT molecular complexity index is 354. The van der Waals surface area contributed by atoms with Crippen LogP contribution in [-0.2, 0) is 0 Å². The molecule has 2 heteroatoms. The molecule has 1 fully saturated rings. The molecular formula is C15H24N2. The topological polar surface area (TPSA) is 29.3 Å². The molecule has 2 nitrogen and oxygen atoms in total. The van der Waals surface area contributed by atoms with E-state index in [2.05, 4.69) is 44.0 Å². The van der Waals surface area contributed by atoms with E-state index in [1.165, 1.54) is 29.5 Å². The summed E-state index contributed by atoms with van der Waals surface area (Å²) < 4.78 is 0. The van der Waals surface area contributed by atoms with Gasteiger partial charge in [-0.1, -0.05) is 24.6 Å². The van der Waals surface area contributed by atoms with Gasteiger partial charge < -0.3 is 5.73 Å². The molecule has 2 rings (SSSR count). The average Bonchev–Trinajstić information content (AvgIpc) is 2.43. The van der Waals surface area contributed by atoms with Crippen LogP contribution in [0.4, 0.5) is 0 Å². The molecule has 1 aliphatic rings. The Morgan fingerprint density at radius 3 is 2.47 bits per heavy atom. The zero-order chi connectivity index (χ0) is 12.4. The van der Waals surface area contributed by atoms with Crippen LogP contribution in [0.5, 0.6) is 0 Å². The van der Waals surface area contributed by atoms with Gasteiger partial charge in [-0.25, -0.2) is 0 Å². The maximum atomic E-state index is 6.40. The van der Waals surface area contributed by atoms with Crippen LogP contribution < -0.4 is 5.73 Å². The summed E-state index contributed by atoms with van der Waals surface area (Å²) in [6.07, 6.45) is 3.67. The molecule has 1 saturated heterocycles. The van der Waals surface area contributed by atoms with Gasteiger partial charge in [-0.05, 0) is 57.0 Å². The predicted octanol–water partition coefficient (Wildman–Crippen LogP) is 2.79. The molecule has 2 N–H and O–H groups in total. The molecule has 0 aromatic heterocycles. The van der Waals surface area contributed by atoms with Gasteiger partial charge in [0.2, 0.25) is 0 Å². The predicted molar refractivity (Wildman–Crippen MR) is 73.1 cm³/mol. The van der Waals surface area contributed by atoms with Gasteiger partial charge in [0.25, 0.3) is 0 Å². The summed E-state index contributed by atoms with van der Waals surface area (Å²) in [5, 5.41) is 0. The Labute approximate surface area is 105 Å². The van der Waals surface area contributed by atoms with Gasteiger partial charge in [0.1, 0.15) is 0 Å². The minimum absolute atomic E-state index is 0.266. The zero-order valence-electron chi connectivity index (χ0n) is 11.2. The van der Waals surface area contributed by atoms with Crippen LogP contribution >= 0.6 is 0 Å². The third-order valence-electron chi connectivity index (χ3n) is 4.02. The lowest BCUT2D eigenvalue weighted by molar-refractivity contribution is 0.228. The molecule has 1 aromatic rings. The first-order valence-corrected chi connectivity index (χ1v) is 6.63. The largest absolute Gasteiger partial charge is 0.326 e. The summed E-state index contributed by atoms with van der Waals surface area (Å²) in [7, 11) is 2.21. The second-order valence-corrected chi connectivity index (χ2v) is 5.39. The second-order valence-electron chi connectivity index (χ2n) is 5.39. The van der Waals surface area contributed by atoms with E-state index in [0.29, 0.717) is 6.04 Å². The number of hydrogen-bond donors (Lipinski definition) is 1.